The quantitative estimate of drug-likeness (QED) is 0.696. The number of hydrogen-bond donors (Lipinski definition) is 1. The highest BCUT2D eigenvalue weighted by Gasteiger charge is 2.35. The van der Waals surface area contributed by atoms with Crippen LogP contribution in [-0.2, 0) is 20.6 Å². The standard InChI is InChI=1S/C20H25N7O2/c1-12-8-16(20(29)25(3)13(12)2)19(28)22-15-9-14(10-15)18-24-23-17(26(18)4)11-27-7-5-6-21-27/h5-8,14-15H,9-11H2,1-4H3,(H,22,28). The van der Waals surface area contributed by atoms with Gasteiger partial charge in [0.05, 0.1) is 0 Å². The van der Waals surface area contributed by atoms with Gasteiger partial charge in [-0.1, -0.05) is 0 Å². The van der Waals surface area contributed by atoms with E-state index in [0.29, 0.717) is 6.54 Å². The first-order valence-corrected chi connectivity index (χ1v) is 9.68. The normalized spacial score (nSPS) is 18.5. The van der Waals surface area contributed by atoms with E-state index in [1.54, 1.807) is 19.3 Å². The van der Waals surface area contributed by atoms with E-state index < -0.39 is 0 Å². The number of amides is 1. The van der Waals surface area contributed by atoms with E-state index in [-0.39, 0.29) is 29.0 Å². The van der Waals surface area contributed by atoms with Gasteiger partial charge in [0.1, 0.15) is 17.9 Å². The number of aromatic nitrogens is 6. The first-order valence-electron chi connectivity index (χ1n) is 9.68. The Balaban J connectivity index is 1.39. The number of carbonyl (C=O) groups excluding carboxylic acids is 1. The number of rotatable bonds is 5. The van der Waals surface area contributed by atoms with E-state index in [9.17, 15) is 9.59 Å². The lowest BCUT2D eigenvalue weighted by Gasteiger charge is -2.35. The minimum Gasteiger partial charge on any atom is -0.349 e. The topological polar surface area (TPSA) is 99.6 Å². The summed E-state index contributed by atoms with van der Waals surface area (Å²) in [5.74, 6) is 1.69. The lowest BCUT2D eigenvalue weighted by atomic mass is 9.79. The molecule has 1 fully saturated rings. The third kappa shape index (κ3) is 3.48. The monoisotopic (exact) mass is 395 g/mol. The molecule has 3 aromatic heterocycles. The van der Waals surface area contributed by atoms with Crippen molar-refractivity contribution < 1.29 is 4.79 Å². The molecule has 0 aromatic carbocycles. The van der Waals surface area contributed by atoms with Crippen LogP contribution in [0.5, 0.6) is 0 Å². The van der Waals surface area contributed by atoms with Crippen molar-refractivity contribution >= 4 is 5.91 Å². The molecule has 1 amide bonds. The largest absolute Gasteiger partial charge is 0.349 e. The van der Waals surface area contributed by atoms with E-state index in [4.69, 9.17) is 0 Å². The summed E-state index contributed by atoms with van der Waals surface area (Å²) >= 11 is 0. The molecule has 9 heteroatoms. The molecule has 0 radical (unpaired) electrons. The molecule has 0 atom stereocenters. The summed E-state index contributed by atoms with van der Waals surface area (Å²) in [6.07, 6.45) is 5.19. The van der Waals surface area contributed by atoms with Gasteiger partial charge in [-0.2, -0.15) is 5.10 Å². The Hall–Kier alpha value is -3.23. The molecule has 0 bridgehead atoms. The Labute approximate surface area is 168 Å². The molecule has 3 aromatic rings. The fourth-order valence-electron chi connectivity index (χ4n) is 3.76. The van der Waals surface area contributed by atoms with Gasteiger partial charge in [0.2, 0.25) is 0 Å². The van der Waals surface area contributed by atoms with E-state index in [1.165, 1.54) is 4.57 Å². The third-order valence-corrected chi connectivity index (χ3v) is 5.91. The molecule has 1 saturated carbocycles. The maximum atomic E-state index is 12.6. The summed E-state index contributed by atoms with van der Waals surface area (Å²) in [4.78, 5) is 25.0. The predicted octanol–water partition coefficient (Wildman–Crippen LogP) is 1.05. The minimum atomic E-state index is -0.311. The molecule has 1 N–H and O–H groups in total. The van der Waals surface area contributed by atoms with Crippen molar-refractivity contribution in [1.29, 1.82) is 0 Å². The molecule has 0 unspecified atom stereocenters. The Bertz CT molecular complexity index is 1100. The maximum absolute atomic E-state index is 12.6. The molecule has 4 rings (SSSR count). The van der Waals surface area contributed by atoms with Crippen molar-refractivity contribution in [3.8, 4) is 0 Å². The molecule has 0 saturated heterocycles. The molecule has 1 aliphatic rings. The molecule has 9 nitrogen and oxygen atoms in total. The molecule has 0 spiro atoms. The molecule has 0 aliphatic heterocycles. The summed E-state index contributed by atoms with van der Waals surface area (Å²) in [5.41, 5.74) is 1.72. The van der Waals surface area contributed by atoms with Gasteiger partial charge in [0, 0.05) is 44.1 Å². The number of hydrogen-bond acceptors (Lipinski definition) is 5. The molecular weight excluding hydrogens is 370 g/mol. The van der Waals surface area contributed by atoms with Crippen LogP contribution in [0, 0.1) is 13.8 Å². The third-order valence-electron chi connectivity index (χ3n) is 5.91. The molecule has 29 heavy (non-hydrogen) atoms. The van der Waals surface area contributed by atoms with Gasteiger partial charge in [-0.25, -0.2) is 0 Å². The second-order valence-corrected chi connectivity index (χ2v) is 7.77. The minimum absolute atomic E-state index is 0.0325. The van der Waals surface area contributed by atoms with Crippen LogP contribution in [0.4, 0.5) is 0 Å². The summed E-state index contributed by atoms with van der Waals surface area (Å²) in [6.45, 7) is 4.34. The van der Waals surface area contributed by atoms with Crippen molar-refractivity contribution in [3.05, 3.63) is 63.3 Å². The summed E-state index contributed by atoms with van der Waals surface area (Å²) in [5, 5.41) is 15.8. The Morgan fingerprint density at radius 3 is 2.66 bits per heavy atom. The van der Waals surface area contributed by atoms with Crippen LogP contribution in [0.25, 0.3) is 0 Å². The van der Waals surface area contributed by atoms with Gasteiger partial charge in [-0.15, -0.1) is 10.2 Å². The summed E-state index contributed by atoms with van der Waals surface area (Å²) < 4.78 is 5.33. The van der Waals surface area contributed by atoms with Crippen LogP contribution in [0.15, 0.2) is 29.3 Å². The van der Waals surface area contributed by atoms with Gasteiger partial charge < -0.3 is 14.5 Å². The van der Waals surface area contributed by atoms with Crippen LogP contribution in [0.3, 0.4) is 0 Å². The average Bonchev–Trinajstić information content (AvgIpc) is 3.30. The highest BCUT2D eigenvalue weighted by atomic mass is 16.2. The number of aryl methyl sites for hydroxylation is 1. The van der Waals surface area contributed by atoms with Gasteiger partial charge in [-0.3, -0.25) is 14.3 Å². The number of nitrogens with zero attached hydrogens (tertiary/aromatic N) is 6. The zero-order valence-corrected chi connectivity index (χ0v) is 17.1. The maximum Gasteiger partial charge on any atom is 0.263 e. The van der Waals surface area contributed by atoms with Crippen LogP contribution in [0.2, 0.25) is 0 Å². The second-order valence-electron chi connectivity index (χ2n) is 7.77. The van der Waals surface area contributed by atoms with E-state index >= 15 is 0 Å². The van der Waals surface area contributed by atoms with Crippen LogP contribution >= 0.6 is 0 Å². The fraction of sp³-hybridized carbons (Fsp3) is 0.450. The van der Waals surface area contributed by atoms with Gasteiger partial charge in [-0.05, 0) is 44.4 Å². The summed E-state index contributed by atoms with van der Waals surface area (Å²) in [6, 6.07) is 3.58. The van der Waals surface area contributed by atoms with Crippen LogP contribution in [-0.4, -0.2) is 41.1 Å². The zero-order valence-electron chi connectivity index (χ0n) is 17.1. The van der Waals surface area contributed by atoms with E-state index in [2.05, 4.69) is 20.6 Å². The smallest absolute Gasteiger partial charge is 0.263 e. The predicted molar refractivity (Wildman–Crippen MR) is 107 cm³/mol. The number of pyridine rings is 1. The first-order chi connectivity index (χ1) is 13.8. The fourth-order valence-corrected chi connectivity index (χ4v) is 3.76. The lowest BCUT2D eigenvalue weighted by molar-refractivity contribution is 0.0904. The molecular formula is C20H25N7O2. The van der Waals surface area contributed by atoms with Crippen LogP contribution < -0.4 is 10.9 Å². The molecule has 152 valence electrons. The van der Waals surface area contributed by atoms with Crippen molar-refractivity contribution in [2.24, 2.45) is 14.1 Å². The number of nitrogens with one attached hydrogen (secondary N) is 1. The highest BCUT2D eigenvalue weighted by Crippen LogP contribution is 2.36. The Morgan fingerprint density at radius 2 is 1.97 bits per heavy atom. The van der Waals surface area contributed by atoms with Gasteiger partial charge in [0.15, 0.2) is 5.82 Å². The lowest BCUT2D eigenvalue weighted by Crippen LogP contribution is -2.45. The van der Waals surface area contributed by atoms with Crippen molar-refractivity contribution in [3.63, 3.8) is 0 Å². The van der Waals surface area contributed by atoms with E-state index in [0.717, 1.165) is 35.7 Å². The van der Waals surface area contributed by atoms with Crippen LogP contribution in [0.1, 0.15) is 52.0 Å². The molecule has 3 heterocycles. The van der Waals surface area contributed by atoms with E-state index in [1.807, 2.05) is 42.4 Å². The van der Waals surface area contributed by atoms with Gasteiger partial charge >= 0.3 is 0 Å². The highest BCUT2D eigenvalue weighted by molar-refractivity contribution is 5.94. The first kappa shape index (κ1) is 19.1. The Kier molecular flexibility index (Phi) is 4.81. The Morgan fingerprint density at radius 1 is 1.21 bits per heavy atom. The van der Waals surface area contributed by atoms with Crippen molar-refractivity contribution in [1.82, 2.24) is 34.4 Å². The van der Waals surface area contributed by atoms with Crippen molar-refractivity contribution in [2.45, 2.75) is 45.2 Å². The zero-order chi connectivity index (χ0) is 20.7. The number of carbonyl (C=O) groups is 1. The van der Waals surface area contributed by atoms with Crippen molar-refractivity contribution in [2.75, 3.05) is 0 Å². The van der Waals surface area contributed by atoms with Gasteiger partial charge in [0.25, 0.3) is 11.5 Å². The summed E-state index contributed by atoms with van der Waals surface area (Å²) in [7, 11) is 3.65. The second kappa shape index (κ2) is 7.31. The SMILES string of the molecule is Cc1cc(C(=O)NC2CC(c3nnc(Cn4cccn4)n3C)C2)c(=O)n(C)c1C. The molecule has 1 aliphatic carbocycles. The average molecular weight is 395 g/mol.